The maximum Gasteiger partial charge on any atom is 0.304 e. The van der Waals surface area contributed by atoms with Gasteiger partial charge in [0.2, 0.25) is 0 Å². The maximum absolute atomic E-state index is 4.99. The molecule has 0 radical (unpaired) electrons. The van der Waals surface area contributed by atoms with Crippen molar-refractivity contribution >= 4 is 10.0 Å². The van der Waals surface area contributed by atoms with E-state index in [2.05, 4.69) is 0 Å². The van der Waals surface area contributed by atoms with E-state index < -0.39 is 10.0 Å². The second-order valence-corrected chi connectivity index (χ2v) is 2.16. The first-order chi connectivity index (χ1) is 3.41. The molecule has 7 heavy (non-hydrogen) atoms. The van der Waals surface area contributed by atoms with Crippen LogP contribution in [0.3, 0.4) is 0 Å². The fraction of sp³-hybridized carbons (Fsp3) is 1.00. The molecule has 0 atom stereocenters. The van der Waals surface area contributed by atoms with Gasteiger partial charge in [-0.1, -0.05) is 0 Å². The van der Waals surface area contributed by atoms with E-state index in [0.29, 0.717) is 0 Å². The first-order valence-electron chi connectivity index (χ1n) is 2.57. The Morgan fingerprint density at radius 3 is 2.00 bits per heavy atom. The van der Waals surface area contributed by atoms with E-state index >= 15 is 0 Å². The van der Waals surface area contributed by atoms with Crippen LogP contribution in [0, 0.1) is 0 Å². The van der Waals surface area contributed by atoms with Crippen molar-refractivity contribution in [2.75, 3.05) is 13.2 Å². The molecule has 0 bridgehead atoms. The minimum atomic E-state index is -0.589. The molecule has 0 rings (SSSR count). The lowest BCUT2D eigenvalue weighted by Gasteiger charge is -1.96. The third-order valence-electron chi connectivity index (χ3n) is 0.575. The third kappa shape index (κ3) is 6.14. The molecule has 0 fully saturated rings. The van der Waals surface area contributed by atoms with E-state index in [0.717, 1.165) is 13.2 Å². The Balaban J connectivity index is 0. The smallest absolute Gasteiger partial charge is 0.304 e. The van der Waals surface area contributed by atoms with Gasteiger partial charge >= 0.3 is 10.0 Å². The summed E-state index contributed by atoms with van der Waals surface area (Å²) >= 11 is 0. The Morgan fingerprint density at radius 2 is 1.71 bits per heavy atom. The molecule has 0 N–H and O–H groups in total. The Labute approximate surface area is 48.4 Å². The van der Waals surface area contributed by atoms with E-state index in [1.54, 1.807) is 0 Å². The highest BCUT2D eigenvalue weighted by Gasteiger charge is 1.79. The Hall–Kier alpha value is 0.137. The van der Waals surface area contributed by atoms with Gasteiger partial charge in [0.1, 0.15) is 0 Å². The summed E-state index contributed by atoms with van der Waals surface area (Å²) in [4.78, 5) is 0. The summed E-state index contributed by atoms with van der Waals surface area (Å²) in [6, 6.07) is 0. The van der Waals surface area contributed by atoms with Gasteiger partial charge in [-0.15, -0.1) is 0 Å². The summed E-state index contributed by atoms with van der Waals surface area (Å²) in [6.07, 6.45) is 0. The highest BCUT2D eigenvalue weighted by atomic mass is 28.3. The van der Waals surface area contributed by atoms with Crippen molar-refractivity contribution in [2.45, 2.75) is 13.8 Å². The van der Waals surface area contributed by atoms with E-state index in [1.165, 1.54) is 0 Å². The third-order valence-corrected chi connectivity index (χ3v) is 1.72. The van der Waals surface area contributed by atoms with Crippen LogP contribution in [0.5, 0.6) is 0 Å². The van der Waals surface area contributed by atoms with Crippen molar-refractivity contribution < 1.29 is 10.3 Å². The lowest BCUT2D eigenvalue weighted by atomic mass is 10.9. The summed E-state index contributed by atoms with van der Waals surface area (Å²) < 4.78 is 9.98. The van der Waals surface area contributed by atoms with Crippen LogP contribution in [0.25, 0.3) is 0 Å². The Bertz CT molecular complexity index is 33.2. The largest absolute Gasteiger partial charge is 0.399 e. The Kier molecular flexibility index (Phi) is 6.26. The molecule has 2 nitrogen and oxygen atoms in total. The number of rotatable bonds is 4. The Morgan fingerprint density at radius 1 is 1.29 bits per heavy atom. The van der Waals surface area contributed by atoms with Gasteiger partial charge < -0.3 is 8.85 Å². The average molecular weight is 122 g/mol. The van der Waals surface area contributed by atoms with Crippen molar-refractivity contribution in [3.05, 3.63) is 0 Å². The molecule has 0 saturated heterocycles. The zero-order valence-corrected chi connectivity index (χ0v) is 6.35. The van der Waals surface area contributed by atoms with Crippen LogP contribution < -0.4 is 0 Å². The monoisotopic (exact) mass is 122 g/mol. The molecule has 0 aromatic carbocycles. The van der Waals surface area contributed by atoms with E-state index in [-0.39, 0.29) is 1.43 Å². The quantitative estimate of drug-likeness (QED) is 0.394. The van der Waals surface area contributed by atoms with Crippen LogP contribution in [0.4, 0.5) is 0 Å². The van der Waals surface area contributed by atoms with Gasteiger partial charge in [-0.25, -0.2) is 0 Å². The zero-order chi connectivity index (χ0) is 5.54. The first-order valence-corrected chi connectivity index (χ1v) is 3.72. The van der Waals surface area contributed by atoms with Gasteiger partial charge in [0, 0.05) is 14.6 Å². The van der Waals surface area contributed by atoms with Crippen molar-refractivity contribution in [1.29, 1.82) is 0 Å². The van der Waals surface area contributed by atoms with Crippen LogP contribution in [0.2, 0.25) is 0 Å². The van der Waals surface area contributed by atoms with E-state index in [4.69, 9.17) is 8.85 Å². The summed E-state index contributed by atoms with van der Waals surface area (Å²) in [7, 11) is -0.589. The van der Waals surface area contributed by atoms with Gasteiger partial charge in [-0.05, 0) is 13.8 Å². The van der Waals surface area contributed by atoms with E-state index in [1.807, 2.05) is 13.8 Å². The van der Waals surface area contributed by atoms with Crippen LogP contribution in [0.15, 0.2) is 0 Å². The zero-order valence-electron chi connectivity index (χ0n) is 4.94. The lowest BCUT2D eigenvalue weighted by Crippen LogP contribution is -2.02. The van der Waals surface area contributed by atoms with Crippen molar-refractivity contribution in [3.63, 3.8) is 0 Å². The van der Waals surface area contributed by atoms with Crippen molar-refractivity contribution in [2.24, 2.45) is 0 Å². The summed E-state index contributed by atoms with van der Waals surface area (Å²) in [5.74, 6) is 0. The van der Waals surface area contributed by atoms with Gasteiger partial charge in [0.05, 0.1) is 0 Å². The van der Waals surface area contributed by atoms with E-state index in [9.17, 15) is 0 Å². The highest BCUT2D eigenvalue weighted by Crippen LogP contribution is 1.70. The molecule has 0 amide bonds. The SMILES string of the molecule is CCO[SiH2]OCC.[HH]. The molecule has 3 heteroatoms. The standard InChI is InChI=1S/C4H12O2Si.H2/c1-3-5-7-6-4-2;/h3-4,7H2,1-2H3;1H. The lowest BCUT2D eigenvalue weighted by molar-refractivity contribution is 0.240. The van der Waals surface area contributed by atoms with Crippen LogP contribution in [0.1, 0.15) is 15.3 Å². The molecule has 0 aliphatic heterocycles. The predicted molar refractivity (Wildman–Crippen MR) is 33.9 cm³/mol. The van der Waals surface area contributed by atoms with Gasteiger partial charge in [-0.3, -0.25) is 0 Å². The summed E-state index contributed by atoms with van der Waals surface area (Å²) in [5, 5.41) is 0. The molecule has 0 saturated carbocycles. The molecule has 0 aliphatic rings. The fourth-order valence-corrected chi connectivity index (χ4v) is 0.677. The second-order valence-electron chi connectivity index (χ2n) is 1.10. The molecular weight excluding hydrogens is 108 g/mol. The van der Waals surface area contributed by atoms with Crippen LogP contribution in [-0.4, -0.2) is 23.2 Å². The molecule has 0 unspecified atom stereocenters. The second kappa shape index (κ2) is 6.14. The first kappa shape index (κ1) is 7.14. The molecule has 0 aromatic rings. The predicted octanol–water partition coefficient (Wildman–Crippen LogP) is 0.304. The maximum atomic E-state index is 4.99. The molecule has 0 spiro atoms. The summed E-state index contributed by atoms with van der Waals surface area (Å²) in [6.45, 7) is 5.55. The number of hydrogen-bond acceptors (Lipinski definition) is 2. The van der Waals surface area contributed by atoms with Crippen LogP contribution in [-0.2, 0) is 8.85 Å². The molecule has 46 valence electrons. The topological polar surface area (TPSA) is 18.5 Å². The van der Waals surface area contributed by atoms with Crippen LogP contribution >= 0.6 is 0 Å². The summed E-state index contributed by atoms with van der Waals surface area (Å²) in [5.41, 5.74) is 0. The van der Waals surface area contributed by atoms with Crippen molar-refractivity contribution in [3.8, 4) is 0 Å². The molecule has 0 aliphatic carbocycles. The molecule has 0 aromatic heterocycles. The minimum absolute atomic E-state index is 0. The molecular formula is C4H14O2Si. The average Bonchev–Trinajstić information content (AvgIpc) is 1.69. The highest BCUT2D eigenvalue weighted by molar-refractivity contribution is 6.17. The normalized spacial score (nSPS) is 9.43. The van der Waals surface area contributed by atoms with Gasteiger partial charge in [0.15, 0.2) is 0 Å². The molecule has 0 heterocycles. The number of hydrogen-bond donors (Lipinski definition) is 0. The van der Waals surface area contributed by atoms with Gasteiger partial charge in [-0.2, -0.15) is 0 Å². The fourth-order valence-electron chi connectivity index (χ4n) is 0.226. The minimum Gasteiger partial charge on any atom is -0.399 e. The van der Waals surface area contributed by atoms with Crippen molar-refractivity contribution in [1.82, 2.24) is 0 Å². The van der Waals surface area contributed by atoms with Gasteiger partial charge in [0.25, 0.3) is 0 Å².